The highest BCUT2D eigenvalue weighted by molar-refractivity contribution is 5.97. The van der Waals surface area contributed by atoms with Crippen molar-refractivity contribution in [2.45, 2.75) is 27.2 Å². The van der Waals surface area contributed by atoms with Crippen molar-refractivity contribution in [2.75, 3.05) is 11.9 Å². The summed E-state index contributed by atoms with van der Waals surface area (Å²) in [6.07, 6.45) is 0.478. The number of carbonyl (C=O) groups excluding carboxylic acids is 2. The number of hydrogen-bond acceptors (Lipinski definition) is 3. The summed E-state index contributed by atoms with van der Waals surface area (Å²) in [6.45, 7) is 5.63. The first-order valence-electron chi connectivity index (χ1n) is 7.38. The van der Waals surface area contributed by atoms with Crippen molar-refractivity contribution in [3.05, 3.63) is 29.3 Å². The van der Waals surface area contributed by atoms with Crippen LogP contribution in [0.4, 0.5) is 10.5 Å². The van der Waals surface area contributed by atoms with E-state index in [-0.39, 0.29) is 12.5 Å². The summed E-state index contributed by atoms with van der Waals surface area (Å²) in [5, 5.41) is 14.2. The molecule has 23 heavy (non-hydrogen) atoms. The second kappa shape index (κ2) is 8.17. The molecule has 0 fully saturated rings. The molecule has 1 aromatic carbocycles. The number of urea groups is 1. The molecule has 0 radical (unpaired) electrons. The van der Waals surface area contributed by atoms with Gasteiger partial charge >= 0.3 is 12.0 Å². The third kappa shape index (κ3) is 5.98. The van der Waals surface area contributed by atoms with Crippen LogP contribution in [-0.4, -0.2) is 29.6 Å². The molecule has 0 heterocycles. The second-order valence-corrected chi connectivity index (χ2v) is 5.89. The first kappa shape index (κ1) is 18.5. The quantitative estimate of drug-likeness (QED) is 0.613. The molecule has 1 aromatic rings. The number of hydrogen-bond donors (Lipinski definition) is 4. The Hall–Kier alpha value is -2.57. The second-order valence-electron chi connectivity index (χ2n) is 5.89. The van der Waals surface area contributed by atoms with Gasteiger partial charge in [-0.25, -0.2) is 4.79 Å². The van der Waals surface area contributed by atoms with Gasteiger partial charge in [-0.1, -0.05) is 19.9 Å². The molecule has 7 nitrogen and oxygen atoms in total. The van der Waals surface area contributed by atoms with Gasteiger partial charge in [-0.05, 0) is 37.0 Å². The van der Waals surface area contributed by atoms with Gasteiger partial charge in [0.05, 0.1) is 5.92 Å². The van der Waals surface area contributed by atoms with E-state index in [4.69, 9.17) is 10.8 Å². The number of carbonyl (C=O) groups is 3. The van der Waals surface area contributed by atoms with Crippen molar-refractivity contribution >= 4 is 23.6 Å². The molecular formula is C16H23N3O4. The van der Waals surface area contributed by atoms with Gasteiger partial charge in [-0.15, -0.1) is 0 Å². The van der Waals surface area contributed by atoms with E-state index in [1.165, 1.54) is 6.07 Å². The highest BCUT2D eigenvalue weighted by atomic mass is 16.4. The first-order valence-corrected chi connectivity index (χ1v) is 7.38. The summed E-state index contributed by atoms with van der Waals surface area (Å²) >= 11 is 0. The highest BCUT2D eigenvalue weighted by Gasteiger charge is 2.19. The fourth-order valence-electron chi connectivity index (χ4n) is 2.20. The lowest BCUT2D eigenvalue weighted by atomic mass is 9.97. The van der Waals surface area contributed by atoms with Gasteiger partial charge in [0.1, 0.15) is 0 Å². The molecule has 1 atom stereocenters. The third-order valence-corrected chi connectivity index (χ3v) is 3.38. The number of amides is 3. The maximum Gasteiger partial charge on any atom is 0.319 e. The molecule has 0 aromatic heterocycles. The molecule has 3 amide bonds. The predicted molar refractivity (Wildman–Crippen MR) is 87.3 cm³/mol. The van der Waals surface area contributed by atoms with E-state index in [0.29, 0.717) is 23.2 Å². The Balaban J connectivity index is 2.64. The van der Waals surface area contributed by atoms with Crippen molar-refractivity contribution in [1.82, 2.24) is 5.32 Å². The van der Waals surface area contributed by atoms with Gasteiger partial charge < -0.3 is 21.5 Å². The van der Waals surface area contributed by atoms with Crippen molar-refractivity contribution in [3.8, 4) is 0 Å². The van der Waals surface area contributed by atoms with Crippen molar-refractivity contribution in [1.29, 1.82) is 0 Å². The molecule has 1 rings (SSSR count). The van der Waals surface area contributed by atoms with Crippen LogP contribution in [0.3, 0.4) is 0 Å². The summed E-state index contributed by atoms with van der Waals surface area (Å²) < 4.78 is 0. The zero-order chi connectivity index (χ0) is 17.6. The monoisotopic (exact) mass is 321 g/mol. The van der Waals surface area contributed by atoms with E-state index in [2.05, 4.69) is 10.6 Å². The number of aryl methyl sites for hydroxylation is 1. The largest absolute Gasteiger partial charge is 0.481 e. The summed E-state index contributed by atoms with van der Waals surface area (Å²) in [4.78, 5) is 34.3. The Bertz CT molecular complexity index is 599. The third-order valence-electron chi connectivity index (χ3n) is 3.38. The lowest BCUT2D eigenvalue weighted by Gasteiger charge is -2.16. The van der Waals surface area contributed by atoms with Crippen LogP contribution >= 0.6 is 0 Å². The van der Waals surface area contributed by atoms with Gasteiger partial charge in [0.25, 0.3) is 0 Å². The average Bonchev–Trinajstić information content (AvgIpc) is 2.44. The number of carboxylic acids is 1. The predicted octanol–water partition coefficient (Wildman–Crippen LogP) is 1.96. The van der Waals surface area contributed by atoms with E-state index in [1.54, 1.807) is 19.1 Å². The van der Waals surface area contributed by atoms with Crippen molar-refractivity contribution < 1.29 is 19.5 Å². The minimum absolute atomic E-state index is 0.0356. The zero-order valence-electron chi connectivity index (χ0n) is 13.6. The first-order chi connectivity index (χ1) is 10.7. The maximum absolute atomic E-state index is 11.9. The number of anilines is 1. The van der Waals surface area contributed by atoms with E-state index in [9.17, 15) is 14.4 Å². The van der Waals surface area contributed by atoms with Crippen LogP contribution in [0.15, 0.2) is 18.2 Å². The topological polar surface area (TPSA) is 122 Å². The lowest BCUT2D eigenvalue weighted by molar-refractivity contribution is -0.142. The minimum Gasteiger partial charge on any atom is -0.481 e. The molecule has 0 bridgehead atoms. The number of nitrogens with one attached hydrogen (secondary N) is 2. The SMILES string of the molecule is Cc1ccc(NC(=O)NCC(CC(C)C)C(=O)O)cc1C(N)=O. The van der Waals surface area contributed by atoms with E-state index >= 15 is 0 Å². The number of benzene rings is 1. The van der Waals surface area contributed by atoms with Crippen LogP contribution in [-0.2, 0) is 4.79 Å². The van der Waals surface area contributed by atoms with Crippen LogP contribution in [0.25, 0.3) is 0 Å². The van der Waals surface area contributed by atoms with Crippen molar-refractivity contribution in [3.63, 3.8) is 0 Å². The molecule has 1 unspecified atom stereocenters. The molecule has 7 heteroatoms. The Morgan fingerprint density at radius 3 is 2.43 bits per heavy atom. The summed E-state index contributed by atoms with van der Waals surface area (Å²) in [5.41, 5.74) is 6.71. The fraction of sp³-hybridized carbons (Fsp3) is 0.438. The zero-order valence-corrected chi connectivity index (χ0v) is 13.6. The maximum atomic E-state index is 11.9. The van der Waals surface area contributed by atoms with Gasteiger partial charge in [0, 0.05) is 17.8 Å². The molecule has 0 aliphatic rings. The van der Waals surface area contributed by atoms with Gasteiger partial charge in [-0.2, -0.15) is 0 Å². The van der Waals surface area contributed by atoms with Gasteiger partial charge in [0.15, 0.2) is 0 Å². The highest BCUT2D eigenvalue weighted by Crippen LogP contribution is 2.15. The number of nitrogens with two attached hydrogens (primary N) is 1. The normalized spacial score (nSPS) is 11.8. The Labute approximate surface area is 135 Å². The standard InChI is InChI=1S/C16H23N3O4/c1-9(2)6-11(15(21)22)8-18-16(23)19-12-5-4-10(3)13(7-12)14(17)20/h4-5,7,9,11H,6,8H2,1-3H3,(H2,17,20)(H,21,22)(H2,18,19,23). The van der Waals surface area contributed by atoms with E-state index in [0.717, 1.165) is 0 Å². The van der Waals surface area contributed by atoms with Gasteiger partial charge in [0.2, 0.25) is 5.91 Å². The number of carboxylic acid groups (broad SMARTS) is 1. The molecule has 0 saturated heterocycles. The molecule has 0 saturated carbocycles. The Morgan fingerprint density at radius 2 is 1.91 bits per heavy atom. The molecule has 0 spiro atoms. The molecule has 0 aliphatic heterocycles. The van der Waals surface area contributed by atoms with Gasteiger partial charge in [-0.3, -0.25) is 9.59 Å². The smallest absolute Gasteiger partial charge is 0.319 e. The minimum atomic E-state index is -0.939. The van der Waals surface area contributed by atoms with Crippen molar-refractivity contribution in [2.24, 2.45) is 17.6 Å². The Morgan fingerprint density at radius 1 is 1.26 bits per heavy atom. The van der Waals surface area contributed by atoms with E-state index < -0.39 is 23.8 Å². The summed E-state index contributed by atoms with van der Waals surface area (Å²) in [5.74, 6) is -1.93. The van der Waals surface area contributed by atoms with Crippen LogP contribution in [0, 0.1) is 18.8 Å². The van der Waals surface area contributed by atoms with Crippen LogP contribution < -0.4 is 16.4 Å². The van der Waals surface area contributed by atoms with E-state index in [1.807, 2.05) is 13.8 Å². The molecule has 5 N–H and O–H groups in total. The number of aliphatic carboxylic acids is 1. The number of rotatable bonds is 7. The average molecular weight is 321 g/mol. The number of primary amides is 1. The van der Waals surface area contributed by atoms with Crippen LogP contribution in [0.5, 0.6) is 0 Å². The lowest BCUT2D eigenvalue weighted by Crippen LogP contribution is -2.36. The molecule has 0 aliphatic carbocycles. The Kier molecular flexibility index (Phi) is 6.56. The molecule has 126 valence electrons. The summed E-state index contributed by atoms with van der Waals surface area (Å²) in [7, 11) is 0. The van der Waals surface area contributed by atoms with Crippen LogP contribution in [0.2, 0.25) is 0 Å². The van der Waals surface area contributed by atoms with Crippen LogP contribution in [0.1, 0.15) is 36.2 Å². The fourth-order valence-corrected chi connectivity index (χ4v) is 2.20. The molecular weight excluding hydrogens is 298 g/mol. The summed E-state index contributed by atoms with van der Waals surface area (Å²) in [6, 6.07) is 4.28.